The molecule has 0 unspecified atom stereocenters. The van der Waals surface area contributed by atoms with Gasteiger partial charge in [0.1, 0.15) is 0 Å². The highest BCUT2D eigenvalue weighted by Crippen LogP contribution is 2.31. The third-order valence-corrected chi connectivity index (χ3v) is 3.97. The van der Waals surface area contributed by atoms with E-state index in [-0.39, 0.29) is 16.6 Å². The Kier molecular flexibility index (Phi) is 6.19. The zero-order chi connectivity index (χ0) is 18.4. The fraction of sp³-hybridized carbons (Fsp3) is 0.176. The normalized spacial score (nSPS) is 11.0. The van der Waals surface area contributed by atoms with E-state index in [2.05, 4.69) is 26.6 Å². The van der Waals surface area contributed by atoms with Gasteiger partial charge >= 0.3 is 6.18 Å². The second-order valence-corrected chi connectivity index (χ2v) is 5.99. The summed E-state index contributed by atoms with van der Waals surface area (Å²) in [6.07, 6.45) is -4.55. The van der Waals surface area contributed by atoms with Crippen molar-refractivity contribution in [3.63, 3.8) is 0 Å². The number of benzene rings is 2. The molecule has 2 aromatic carbocycles. The van der Waals surface area contributed by atoms with E-state index in [1.165, 1.54) is 0 Å². The number of hydrogen-bond acceptors (Lipinski definition) is 2. The van der Waals surface area contributed by atoms with Gasteiger partial charge in [-0.2, -0.15) is 13.2 Å². The molecular formula is C17H14BrF3N2O2. The molecule has 2 aromatic rings. The van der Waals surface area contributed by atoms with Crippen molar-refractivity contribution in [3.8, 4) is 0 Å². The number of carbonyl (C=O) groups excluding carboxylic acids is 2. The van der Waals surface area contributed by atoms with Crippen LogP contribution < -0.4 is 10.6 Å². The summed E-state index contributed by atoms with van der Waals surface area (Å²) in [5, 5.41) is 4.92. The van der Waals surface area contributed by atoms with Gasteiger partial charge < -0.3 is 10.6 Å². The smallest absolute Gasteiger partial charge is 0.350 e. The van der Waals surface area contributed by atoms with Crippen LogP contribution in [0.15, 0.2) is 53.0 Å². The molecule has 25 heavy (non-hydrogen) atoms. The lowest BCUT2D eigenvalue weighted by atomic mass is 10.1. The lowest BCUT2D eigenvalue weighted by Gasteiger charge is -2.11. The minimum atomic E-state index is -4.55. The Morgan fingerprint density at radius 2 is 1.68 bits per heavy atom. The second-order valence-electron chi connectivity index (χ2n) is 5.14. The summed E-state index contributed by atoms with van der Waals surface area (Å²) < 4.78 is 38.4. The molecule has 0 fully saturated rings. The van der Waals surface area contributed by atoms with E-state index in [0.29, 0.717) is 6.54 Å². The second kappa shape index (κ2) is 8.15. The summed E-state index contributed by atoms with van der Waals surface area (Å²) in [5.41, 5.74) is -0.233. The van der Waals surface area contributed by atoms with Crippen LogP contribution in [0.2, 0.25) is 0 Å². The highest BCUT2D eigenvalue weighted by Gasteiger charge is 2.31. The molecule has 0 saturated carbocycles. The topological polar surface area (TPSA) is 58.2 Å². The molecule has 0 radical (unpaired) electrons. The lowest BCUT2D eigenvalue weighted by Crippen LogP contribution is -2.36. The molecule has 0 atom stereocenters. The van der Waals surface area contributed by atoms with Crippen LogP contribution in [0.25, 0.3) is 0 Å². The summed E-state index contributed by atoms with van der Waals surface area (Å²) in [5.74, 6) is -1.21. The van der Waals surface area contributed by atoms with Crippen molar-refractivity contribution in [3.05, 3.63) is 69.7 Å². The van der Waals surface area contributed by atoms with E-state index in [1.807, 2.05) is 30.3 Å². The average Bonchev–Trinajstić information content (AvgIpc) is 2.58. The Hall–Kier alpha value is -2.35. The van der Waals surface area contributed by atoms with Crippen molar-refractivity contribution >= 4 is 27.7 Å². The van der Waals surface area contributed by atoms with Gasteiger partial charge in [-0.1, -0.05) is 30.3 Å². The first-order valence-electron chi connectivity index (χ1n) is 7.23. The first-order valence-corrected chi connectivity index (χ1v) is 8.02. The van der Waals surface area contributed by atoms with Gasteiger partial charge in [0.25, 0.3) is 5.91 Å². The zero-order valence-electron chi connectivity index (χ0n) is 12.9. The maximum absolute atomic E-state index is 12.7. The predicted molar refractivity (Wildman–Crippen MR) is 89.8 cm³/mol. The van der Waals surface area contributed by atoms with Crippen molar-refractivity contribution < 1.29 is 22.8 Å². The van der Waals surface area contributed by atoms with Gasteiger partial charge in [0.2, 0.25) is 5.91 Å². The first kappa shape index (κ1) is 19.0. The fourth-order valence-corrected chi connectivity index (χ4v) is 2.42. The molecule has 0 aliphatic heterocycles. The molecule has 0 bridgehead atoms. The summed E-state index contributed by atoms with van der Waals surface area (Å²) in [6.45, 7) is -0.0445. The van der Waals surface area contributed by atoms with Gasteiger partial charge in [-0.25, -0.2) is 0 Å². The van der Waals surface area contributed by atoms with Crippen molar-refractivity contribution in [1.82, 2.24) is 10.6 Å². The van der Waals surface area contributed by atoms with E-state index >= 15 is 0 Å². The van der Waals surface area contributed by atoms with Crippen LogP contribution in [0.5, 0.6) is 0 Å². The van der Waals surface area contributed by atoms with E-state index in [0.717, 1.165) is 23.8 Å². The maximum atomic E-state index is 12.7. The van der Waals surface area contributed by atoms with Crippen molar-refractivity contribution in [2.45, 2.75) is 12.7 Å². The summed E-state index contributed by atoms with van der Waals surface area (Å²) in [4.78, 5) is 23.8. The Bertz CT molecular complexity index is 764. The van der Waals surface area contributed by atoms with Gasteiger partial charge in [-0.05, 0) is 39.7 Å². The van der Waals surface area contributed by atoms with Crippen molar-refractivity contribution in [1.29, 1.82) is 0 Å². The number of amides is 2. The molecule has 4 nitrogen and oxygen atoms in total. The highest BCUT2D eigenvalue weighted by molar-refractivity contribution is 9.10. The molecule has 132 valence electrons. The minimum absolute atomic E-state index is 0.189. The predicted octanol–water partition coefficient (Wildman–Crippen LogP) is 3.51. The molecule has 0 spiro atoms. The number of halogens is 4. The van der Waals surface area contributed by atoms with E-state index in [9.17, 15) is 22.8 Å². The molecule has 0 aromatic heterocycles. The van der Waals surface area contributed by atoms with Crippen LogP contribution >= 0.6 is 15.9 Å². The highest BCUT2D eigenvalue weighted by atomic mass is 79.9. The molecular weight excluding hydrogens is 401 g/mol. The zero-order valence-corrected chi connectivity index (χ0v) is 14.4. The van der Waals surface area contributed by atoms with E-state index in [1.54, 1.807) is 0 Å². The lowest BCUT2D eigenvalue weighted by molar-refractivity contribution is -0.137. The molecule has 0 aliphatic rings. The van der Waals surface area contributed by atoms with Gasteiger partial charge in [-0.15, -0.1) is 0 Å². The number of carbonyl (C=O) groups is 2. The number of hydrogen-bond donors (Lipinski definition) is 2. The number of rotatable bonds is 5. The van der Waals surface area contributed by atoms with Crippen LogP contribution in [-0.2, 0) is 17.5 Å². The van der Waals surface area contributed by atoms with Crippen LogP contribution in [0.1, 0.15) is 21.5 Å². The summed E-state index contributed by atoms with van der Waals surface area (Å²) >= 11 is 3.04. The van der Waals surface area contributed by atoms with Gasteiger partial charge in [0.05, 0.1) is 17.7 Å². The summed E-state index contributed by atoms with van der Waals surface area (Å²) in [6, 6.07) is 11.9. The van der Waals surface area contributed by atoms with E-state index in [4.69, 9.17) is 0 Å². The third-order valence-electron chi connectivity index (χ3n) is 3.28. The molecule has 8 heteroatoms. The van der Waals surface area contributed by atoms with Crippen LogP contribution in [0, 0.1) is 0 Å². The third kappa shape index (κ3) is 5.60. The number of nitrogens with one attached hydrogen (secondary N) is 2. The summed E-state index contributed by atoms with van der Waals surface area (Å²) in [7, 11) is 0. The standard InChI is InChI=1S/C17H14BrF3N2O2/c18-14-7-6-12(17(19,20)21)8-13(14)16(25)23-10-15(24)22-9-11-4-2-1-3-5-11/h1-8H,9-10H2,(H,22,24)(H,23,25). The van der Waals surface area contributed by atoms with Gasteiger partial charge in [0, 0.05) is 11.0 Å². The quantitative estimate of drug-likeness (QED) is 0.786. The fourth-order valence-electron chi connectivity index (χ4n) is 1.99. The molecule has 0 heterocycles. The SMILES string of the molecule is O=C(CNC(=O)c1cc(C(F)(F)F)ccc1Br)NCc1ccccc1. The Morgan fingerprint density at radius 3 is 2.32 bits per heavy atom. The Labute approximate surface area is 150 Å². The van der Waals surface area contributed by atoms with Crippen molar-refractivity contribution in [2.24, 2.45) is 0 Å². The van der Waals surface area contributed by atoms with Gasteiger partial charge in [0.15, 0.2) is 0 Å². The molecule has 2 rings (SSSR count). The van der Waals surface area contributed by atoms with Crippen LogP contribution in [0.3, 0.4) is 0 Å². The largest absolute Gasteiger partial charge is 0.416 e. The van der Waals surface area contributed by atoms with Crippen molar-refractivity contribution in [2.75, 3.05) is 6.54 Å². The monoisotopic (exact) mass is 414 g/mol. The number of alkyl halides is 3. The minimum Gasteiger partial charge on any atom is -0.350 e. The van der Waals surface area contributed by atoms with Crippen LogP contribution in [0.4, 0.5) is 13.2 Å². The Morgan fingerprint density at radius 1 is 1.00 bits per heavy atom. The molecule has 2 N–H and O–H groups in total. The Balaban J connectivity index is 1.92. The van der Waals surface area contributed by atoms with Crippen LogP contribution in [-0.4, -0.2) is 18.4 Å². The average molecular weight is 415 g/mol. The van der Waals surface area contributed by atoms with Gasteiger partial charge in [-0.3, -0.25) is 9.59 Å². The maximum Gasteiger partial charge on any atom is 0.416 e. The molecule has 0 aliphatic carbocycles. The first-order chi connectivity index (χ1) is 11.8. The molecule has 0 saturated heterocycles. The molecule has 2 amide bonds. The van der Waals surface area contributed by atoms with E-state index < -0.39 is 23.6 Å².